The van der Waals surface area contributed by atoms with E-state index in [1.54, 1.807) is 0 Å². The molecule has 6 heteroatoms. The van der Waals surface area contributed by atoms with Crippen molar-refractivity contribution in [3.8, 4) is 6.07 Å². The van der Waals surface area contributed by atoms with Crippen molar-refractivity contribution in [2.24, 2.45) is 5.92 Å². The number of benzene rings is 2. The molecule has 1 fully saturated rings. The fourth-order valence-electron chi connectivity index (χ4n) is 4.32. The van der Waals surface area contributed by atoms with Crippen LogP contribution in [0.5, 0.6) is 0 Å². The van der Waals surface area contributed by atoms with Crippen LogP contribution in [0.4, 0.5) is 11.5 Å². The summed E-state index contributed by atoms with van der Waals surface area (Å²) in [5.74, 6) is 1.27. The number of rotatable bonds is 8. The second-order valence-electron chi connectivity index (χ2n) is 9.12. The second-order valence-corrected chi connectivity index (χ2v) is 9.12. The highest BCUT2D eigenvalue weighted by Gasteiger charge is 2.22. The van der Waals surface area contributed by atoms with Crippen molar-refractivity contribution in [3.63, 3.8) is 0 Å². The number of nitrogens with zero attached hydrogens (tertiary/aromatic N) is 3. The van der Waals surface area contributed by atoms with Crippen LogP contribution in [-0.4, -0.2) is 30.5 Å². The summed E-state index contributed by atoms with van der Waals surface area (Å²) >= 11 is 0. The molecule has 1 aliphatic heterocycles. The molecule has 1 saturated heterocycles. The zero-order chi connectivity index (χ0) is 23.9. The first kappa shape index (κ1) is 23.5. The highest BCUT2D eigenvalue weighted by atomic mass is 16.2. The lowest BCUT2D eigenvalue weighted by molar-refractivity contribution is -0.118. The first-order valence-corrected chi connectivity index (χ1v) is 11.8. The molecule has 2 heterocycles. The highest BCUT2D eigenvalue weighted by Crippen LogP contribution is 2.24. The van der Waals surface area contributed by atoms with Gasteiger partial charge >= 0.3 is 0 Å². The van der Waals surface area contributed by atoms with E-state index in [0.717, 1.165) is 29.9 Å². The molecule has 1 aromatic heterocycles. The normalized spacial score (nSPS) is 17.1. The van der Waals surface area contributed by atoms with E-state index in [9.17, 15) is 4.79 Å². The minimum atomic E-state index is -0.511. The van der Waals surface area contributed by atoms with E-state index in [0.29, 0.717) is 23.8 Å². The minimum absolute atomic E-state index is 0.145. The van der Waals surface area contributed by atoms with Gasteiger partial charge in [-0.05, 0) is 53.6 Å². The molecule has 0 radical (unpaired) electrons. The van der Waals surface area contributed by atoms with E-state index in [-0.39, 0.29) is 11.8 Å². The summed E-state index contributed by atoms with van der Waals surface area (Å²) in [5, 5.41) is 15.4. The van der Waals surface area contributed by atoms with E-state index < -0.39 is 6.04 Å². The molecule has 4 rings (SSSR count). The fourth-order valence-corrected chi connectivity index (χ4v) is 4.32. The van der Waals surface area contributed by atoms with Gasteiger partial charge in [-0.2, -0.15) is 5.26 Å². The Kier molecular flexibility index (Phi) is 7.56. The zero-order valence-corrected chi connectivity index (χ0v) is 19.7. The Labute approximate surface area is 201 Å². The Bertz CT molecular complexity index is 1120. The smallest absolute Gasteiger partial charge is 0.247 e. The first-order chi connectivity index (χ1) is 16.5. The molecule has 2 unspecified atom stereocenters. The molecular formula is C28H31N5O. The number of anilines is 2. The number of hydrogen-bond donors (Lipinski definition) is 2. The number of carbonyl (C=O) groups is 1. The van der Waals surface area contributed by atoms with Crippen LogP contribution in [0.2, 0.25) is 0 Å². The van der Waals surface area contributed by atoms with Gasteiger partial charge in [0.2, 0.25) is 5.91 Å². The third-order valence-corrected chi connectivity index (χ3v) is 6.42. The maximum absolute atomic E-state index is 13.3. The summed E-state index contributed by atoms with van der Waals surface area (Å²) < 4.78 is 0. The van der Waals surface area contributed by atoms with Gasteiger partial charge in [0, 0.05) is 19.6 Å². The SMILES string of the molecule is CC(CNC(C(=O)Nc1ccc(N2CC[C@@H](C)C2)cn1)c1ccccc1)c1ccc(C#N)cc1. The Hall–Kier alpha value is -3.69. The predicted molar refractivity (Wildman–Crippen MR) is 136 cm³/mol. The number of aromatic nitrogens is 1. The molecule has 0 saturated carbocycles. The quantitative estimate of drug-likeness (QED) is 0.508. The molecular weight excluding hydrogens is 422 g/mol. The Morgan fingerprint density at radius 3 is 2.50 bits per heavy atom. The number of hydrogen-bond acceptors (Lipinski definition) is 5. The number of pyridine rings is 1. The molecule has 3 aromatic rings. The summed E-state index contributed by atoms with van der Waals surface area (Å²) in [4.78, 5) is 20.1. The third kappa shape index (κ3) is 5.81. The Balaban J connectivity index is 1.43. The van der Waals surface area contributed by atoms with Crippen LogP contribution >= 0.6 is 0 Å². The van der Waals surface area contributed by atoms with Crippen LogP contribution in [0, 0.1) is 17.2 Å². The third-order valence-electron chi connectivity index (χ3n) is 6.42. The summed E-state index contributed by atoms with van der Waals surface area (Å²) in [5.41, 5.74) is 3.75. The molecule has 2 aromatic carbocycles. The molecule has 0 bridgehead atoms. The van der Waals surface area contributed by atoms with E-state index in [1.165, 1.54) is 6.42 Å². The average molecular weight is 454 g/mol. The van der Waals surface area contributed by atoms with Gasteiger partial charge in [-0.3, -0.25) is 4.79 Å². The lowest BCUT2D eigenvalue weighted by Crippen LogP contribution is -2.35. The van der Waals surface area contributed by atoms with Crippen LogP contribution in [-0.2, 0) is 4.79 Å². The Morgan fingerprint density at radius 2 is 1.88 bits per heavy atom. The van der Waals surface area contributed by atoms with E-state index in [2.05, 4.69) is 40.4 Å². The maximum atomic E-state index is 13.3. The van der Waals surface area contributed by atoms with Gasteiger partial charge in [0.05, 0.1) is 23.5 Å². The van der Waals surface area contributed by atoms with Crippen molar-refractivity contribution in [2.75, 3.05) is 29.9 Å². The van der Waals surface area contributed by atoms with Crippen molar-refractivity contribution in [1.29, 1.82) is 5.26 Å². The lowest BCUT2D eigenvalue weighted by Gasteiger charge is -2.22. The van der Waals surface area contributed by atoms with Crippen LogP contribution in [0.3, 0.4) is 0 Å². The van der Waals surface area contributed by atoms with E-state index in [1.807, 2.05) is 72.9 Å². The van der Waals surface area contributed by atoms with Crippen molar-refractivity contribution in [3.05, 3.63) is 89.6 Å². The number of amides is 1. The van der Waals surface area contributed by atoms with Crippen LogP contribution in [0.1, 0.15) is 48.9 Å². The monoisotopic (exact) mass is 453 g/mol. The second kappa shape index (κ2) is 11.0. The molecule has 1 aliphatic rings. The number of nitrogens with one attached hydrogen (secondary N) is 2. The van der Waals surface area contributed by atoms with Gasteiger partial charge in [0.1, 0.15) is 11.9 Å². The van der Waals surface area contributed by atoms with Gasteiger partial charge in [-0.1, -0.05) is 56.3 Å². The standard InChI is InChI=1S/C28H31N5O/c1-20-14-15-33(19-20)25-12-13-26(30-18-25)32-28(34)27(24-6-4-3-5-7-24)31-17-21(2)23-10-8-22(16-29)9-11-23/h3-13,18,20-21,27,31H,14-15,17,19H2,1-2H3,(H,30,32,34)/t20-,21?,27?/m1/s1. The Morgan fingerprint density at radius 1 is 1.12 bits per heavy atom. The van der Waals surface area contributed by atoms with Gasteiger partial charge in [-0.25, -0.2) is 4.98 Å². The van der Waals surface area contributed by atoms with Gasteiger partial charge in [0.15, 0.2) is 0 Å². The van der Waals surface area contributed by atoms with E-state index in [4.69, 9.17) is 5.26 Å². The zero-order valence-electron chi connectivity index (χ0n) is 19.7. The molecule has 174 valence electrons. The van der Waals surface area contributed by atoms with Crippen molar-refractivity contribution in [2.45, 2.75) is 32.2 Å². The van der Waals surface area contributed by atoms with Crippen LogP contribution in [0.15, 0.2) is 72.9 Å². The average Bonchev–Trinajstić information content (AvgIpc) is 3.31. The molecule has 2 N–H and O–H groups in total. The van der Waals surface area contributed by atoms with Crippen LogP contribution < -0.4 is 15.5 Å². The molecule has 3 atom stereocenters. The number of carbonyl (C=O) groups excluding carboxylic acids is 1. The predicted octanol–water partition coefficient (Wildman–Crippen LogP) is 4.87. The van der Waals surface area contributed by atoms with Crippen LogP contribution in [0.25, 0.3) is 0 Å². The van der Waals surface area contributed by atoms with Gasteiger partial charge < -0.3 is 15.5 Å². The molecule has 0 aliphatic carbocycles. The topological polar surface area (TPSA) is 81.1 Å². The maximum Gasteiger partial charge on any atom is 0.247 e. The highest BCUT2D eigenvalue weighted by molar-refractivity contribution is 5.94. The molecule has 34 heavy (non-hydrogen) atoms. The molecule has 0 spiro atoms. The molecule has 1 amide bonds. The minimum Gasteiger partial charge on any atom is -0.370 e. The van der Waals surface area contributed by atoms with Crippen molar-refractivity contribution in [1.82, 2.24) is 10.3 Å². The lowest BCUT2D eigenvalue weighted by atomic mass is 9.98. The number of nitriles is 1. The summed E-state index contributed by atoms with van der Waals surface area (Å²) in [6.07, 6.45) is 3.04. The van der Waals surface area contributed by atoms with Crippen molar-refractivity contribution >= 4 is 17.4 Å². The largest absolute Gasteiger partial charge is 0.370 e. The van der Waals surface area contributed by atoms with E-state index >= 15 is 0 Å². The van der Waals surface area contributed by atoms with Crippen molar-refractivity contribution < 1.29 is 4.79 Å². The molecule has 6 nitrogen and oxygen atoms in total. The summed E-state index contributed by atoms with van der Waals surface area (Å²) in [6.45, 7) is 7.07. The summed E-state index contributed by atoms with van der Waals surface area (Å²) in [7, 11) is 0. The first-order valence-electron chi connectivity index (χ1n) is 11.8. The van der Waals surface area contributed by atoms with Gasteiger partial charge in [-0.15, -0.1) is 0 Å². The van der Waals surface area contributed by atoms with Gasteiger partial charge in [0.25, 0.3) is 0 Å². The fraction of sp³-hybridized carbons (Fsp3) is 0.321. The summed E-state index contributed by atoms with van der Waals surface area (Å²) in [6, 6.07) is 22.8.